The molecule has 0 spiro atoms. The first-order valence-electron chi connectivity index (χ1n) is 9.85. The van der Waals surface area contributed by atoms with E-state index in [1.807, 2.05) is 32.2 Å². The second kappa shape index (κ2) is 7.04. The summed E-state index contributed by atoms with van der Waals surface area (Å²) in [5.74, 6) is -0.329. The molecule has 4 heterocycles. The summed E-state index contributed by atoms with van der Waals surface area (Å²) >= 11 is 0. The molecule has 0 atom stereocenters. The van der Waals surface area contributed by atoms with Gasteiger partial charge in [0.2, 0.25) is 0 Å². The van der Waals surface area contributed by atoms with Crippen molar-refractivity contribution in [3.05, 3.63) is 47.7 Å². The van der Waals surface area contributed by atoms with Gasteiger partial charge in [0, 0.05) is 11.6 Å². The minimum atomic E-state index is -0.329. The maximum atomic E-state index is 15.2. The number of rotatable bonds is 3. The van der Waals surface area contributed by atoms with Gasteiger partial charge in [0.05, 0.1) is 40.4 Å². The summed E-state index contributed by atoms with van der Waals surface area (Å²) < 4.78 is 16.9. The van der Waals surface area contributed by atoms with E-state index in [2.05, 4.69) is 30.9 Å². The standard InChI is InChI=1S/C21H22FN7/c1-12-7-17(28-29-11-13(2)25-21(12)29)14-8-16(22)20-18(9-14)27-24-10-19(20)26-15-3-5-23-6-4-15/h7-11,15,23H,3-6H2,1-2H3,(H,26,27). The topological polar surface area (TPSA) is 80.0 Å². The summed E-state index contributed by atoms with van der Waals surface area (Å²) in [7, 11) is 0. The number of aromatic nitrogens is 5. The molecule has 0 aliphatic carbocycles. The normalized spacial score (nSPS) is 15.3. The summed E-state index contributed by atoms with van der Waals surface area (Å²) in [5.41, 5.74) is 5.22. The Hall–Kier alpha value is -3.13. The average molecular weight is 391 g/mol. The number of halogens is 1. The van der Waals surface area contributed by atoms with E-state index < -0.39 is 0 Å². The molecule has 1 aliphatic rings. The van der Waals surface area contributed by atoms with E-state index in [1.165, 1.54) is 6.07 Å². The van der Waals surface area contributed by atoms with Gasteiger partial charge in [-0.25, -0.2) is 13.9 Å². The Labute approximate surface area is 167 Å². The lowest BCUT2D eigenvalue weighted by Gasteiger charge is -2.25. The predicted octanol–water partition coefficient (Wildman–Crippen LogP) is 3.26. The van der Waals surface area contributed by atoms with Crippen LogP contribution in [0.1, 0.15) is 24.1 Å². The first-order valence-corrected chi connectivity index (χ1v) is 9.85. The van der Waals surface area contributed by atoms with Gasteiger partial charge < -0.3 is 10.6 Å². The molecule has 0 unspecified atom stereocenters. The van der Waals surface area contributed by atoms with Crippen molar-refractivity contribution in [3.8, 4) is 11.3 Å². The molecule has 7 nitrogen and oxygen atoms in total. The molecule has 1 aromatic carbocycles. The SMILES string of the molecule is Cc1cn2nc(-c3cc(F)c4c(NC5CCNCC5)cnnc4c3)cc(C)c2n1. The maximum Gasteiger partial charge on any atom is 0.156 e. The molecule has 1 fully saturated rings. The number of hydrogen-bond acceptors (Lipinski definition) is 6. The molecule has 0 bridgehead atoms. The van der Waals surface area contributed by atoms with Gasteiger partial charge in [-0.2, -0.15) is 15.3 Å². The van der Waals surface area contributed by atoms with E-state index in [9.17, 15) is 0 Å². The molecule has 5 rings (SSSR count). The summed E-state index contributed by atoms with van der Waals surface area (Å²) in [6, 6.07) is 5.59. The van der Waals surface area contributed by atoms with Crippen LogP contribution in [0, 0.1) is 19.7 Å². The van der Waals surface area contributed by atoms with Gasteiger partial charge in [0.1, 0.15) is 5.82 Å². The first-order chi connectivity index (χ1) is 14.1. The molecule has 0 radical (unpaired) electrons. The van der Waals surface area contributed by atoms with Crippen LogP contribution in [-0.4, -0.2) is 43.9 Å². The van der Waals surface area contributed by atoms with Crippen LogP contribution < -0.4 is 10.6 Å². The molecule has 1 aliphatic heterocycles. The summed E-state index contributed by atoms with van der Waals surface area (Å²) in [5, 5.41) is 20.1. The maximum absolute atomic E-state index is 15.2. The van der Waals surface area contributed by atoms with Crippen molar-refractivity contribution in [1.29, 1.82) is 0 Å². The number of piperidine rings is 1. The van der Waals surface area contributed by atoms with Gasteiger partial charge >= 0.3 is 0 Å². The van der Waals surface area contributed by atoms with Crippen LogP contribution in [0.5, 0.6) is 0 Å². The minimum Gasteiger partial charge on any atom is -0.380 e. The third-order valence-electron chi connectivity index (χ3n) is 5.42. The Morgan fingerprint density at radius 1 is 1.17 bits per heavy atom. The van der Waals surface area contributed by atoms with E-state index in [1.54, 1.807) is 10.7 Å². The molecule has 1 saturated heterocycles. The van der Waals surface area contributed by atoms with Crippen LogP contribution >= 0.6 is 0 Å². The molecule has 0 saturated carbocycles. The monoisotopic (exact) mass is 391 g/mol. The Morgan fingerprint density at radius 2 is 2.00 bits per heavy atom. The highest BCUT2D eigenvalue weighted by Gasteiger charge is 2.17. The van der Waals surface area contributed by atoms with E-state index in [-0.39, 0.29) is 5.82 Å². The Bertz CT molecular complexity index is 1210. The van der Waals surface area contributed by atoms with Crippen molar-refractivity contribution in [1.82, 2.24) is 30.1 Å². The number of aryl methyl sites for hydroxylation is 2. The molecule has 2 N–H and O–H groups in total. The van der Waals surface area contributed by atoms with Crippen molar-refractivity contribution < 1.29 is 4.39 Å². The van der Waals surface area contributed by atoms with E-state index >= 15 is 4.39 Å². The third-order valence-corrected chi connectivity index (χ3v) is 5.42. The first kappa shape index (κ1) is 17.9. The molecule has 3 aromatic heterocycles. The van der Waals surface area contributed by atoms with Crippen molar-refractivity contribution in [2.24, 2.45) is 0 Å². The van der Waals surface area contributed by atoms with Crippen LogP contribution in [0.4, 0.5) is 10.1 Å². The molecular weight excluding hydrogens is 369 g/mol. The van der Waals surface area contributed by atoms with Gasteiger partial charge in [-0.05, 0) is 63.5 Å². The van der Waals surface area contributed by atoms with Gasteiger partial charge in [0.25, 0.3) is 0 Å². The molecule has 0 amide bonds. The Kier molecular flexibility index (Phi) is 4.35. The summed E-state index contributed by atoms with van der Waals surface area (Å²) in [4.78, 5) is 4.47. The molecule has 148 valence electrons. The second-order valence-corrected chi connectivity index (χ2v) is 7.64. The fourth-order valence-corrected chi connectivity index (χ4v) is 3.98. The zero-order valence-corrected chi connectivity index (χ0v) is 16.4. The van der Waals surface area contributed by atoms with Gasteiger partial charge in [-0.1, -0.05) is 0 Å². The number of fused-ring (bicyclic) bond motifs is 2. The highest BCUT2D eigenvalue weighted by Crippen LogP contribution is 2.30. The van der Waals surface area contributed by atoms with Crippen LogP contribution in [0.3, 0.4) is 0 Å². The van der Waals surface area contributed by atoms with Crippen molar-refractivity contribution in [2.45, 2.75) is 32.7 Å². The minimum absolute atomic E-state index is 0.305. The van der Waals surface area contributed by atoms with Crippen LogP contribution in [-0.2, 0) is 0 Å². The Morgan fingerprint density at radius 3 is 2.83 bits per heavy atom. The largest absolute Gasteiger partial charge is 0.380 e. The third kappa shape index (κ3) is 3.29. The molecule has 4 aromatic rings. The zero-order valence-electron chi connectivity index (χ0n) is 16.4. The fraction of sp³-hybridized carbons (Fsp3) is 0.333. The van der Waals surface area contributed by atoms with E-state index in [0.717, 1.165) is 42.8 Å². The number of nitrogens with zero attached hydrogens (tertiary/aromatic N) is 5. The van der Waals surface area contributed by atoms with Crippen LogP contribution in [0.2, 0.25) is 0 Å². The predicted molar refractivity (Wildman–Crippen MR) is 110 cm³/mol. The van der Waals surface area contributed by atoms with Crippen molar-refractivity contribution >= 4 is 22.2 Å². The number of hydrogen-bond donors (Lipinski definition) is 2. The lowest BCUT2D eigenvalue weighted by Crippen LogP contribution is -2.35. The Balaban J connectivity index is 1.58. The van der Waals surface area contributed by atoms with Crippen molar-refractivity contribution in [3.63, 3.8) is 0 Å². The van der Waals surface area contributed by atoms with Gasteiger partial charge in [0.15, 0.2) is 5.65 Å². The van der Waals surface area contributed by atoms with E-state index in [4.69, 9.17) is 0 Å². The van der Waals surface area contributed by atoms with Crippen molar-refractivity contribution in [2.75, 3.05) is 18.4 Å². The average Bonchev–Trinajstić information content (AvgIpc) is 3.09. The fourth-order valence-electron chi connectivity index (χ4n) is 3.98. The quantitative estimate of drug-likeness (QED) is 0.558. The van der Waals surface area contributed by atoms with Crippen LogP contribution in [0.25, 0.3) is 27.8 Å². The second-order valence-electron chi connectivity index (χ2n) is 7.64. The lowest BCUT2D eigenvalue weighted by atomic mass is 10.0. The zero-order chi connectivity index (χ0) is 20.0. The summed E-state index contributed by atoms with van der Waals surface area (Å²) in [6.45, 7) is 5.82. The van der Waals surface area contributed by atoms with Gasteiger partial charge in [-0.3, -0.25) is 0 Å². The van der Waals surface area contributed by atoms with E-state index in [0.29, 0.717) is 33.9 Å². The molecule has 8 heteroatoms. The number of anilines is 1. The molecular formula is C21H22FN7. The van der Waals surface area contributed by atoms with Gasteiger partial charge in [-0.15, -0.1) is 0 Å². The molecule has 29 heavy (non-hydrogen) atoms. The number of nitrogens with one attached hydrogen (secondary N) is 2. The highest BCUT2D eigenvalue weighted by atomic mass is 19.1. The lowest BCUT2D eigenvalue weighted by molar-refractivity contribution is 0.479. The highest BCUT2D eigenvalue weighted by molar-refractivity contribution is 5.93. The van der Waals surface area contributed by atoms with Crippen LogP contribution in [0.15, 0.2) is 30.6 Å². The number of benzene rings is 1. The number of imidazole rings is 1. The smallest absolute Gasteiger partial charge is 0.156 e. The summed E-state index contributed by atoms with van der Waals surface area (Å²) in [6.07, 6.45) is 5.47.